The minimum absolute atomic E-state index is 0.0192. The Morgan fingerprint density at radius 1 is 0.814 bits per heavy atom. The zero-order valence-electron chi connectivity index (χ0n) is 26.3. The summed E-state index contributed by atoms with van der Waals surface area (Å²) >= 11 is 0. The third-order valence-electron chi connectivity index (χ3n) is 6.51. The standard InChI is InChI=1S/C31H37NO7S.C2H6O/c1-18-9-12-23(20(3)15-18)29(33)37-25-14-11-22(27(39-40(8,35)36)28(32)31(5,6)7)17-26(25)38-30(34)24-13-10-19(2)16-21(24)4;1-2-3/h9-17,27-28H,32H2,1-8H3;3H,2H2,1H3. The fourth-order valence-electron chi connectivity index (χ4n) is 4.23. The van der Waals surface area contributed by atoms with E-state index in [0.717, 1.165) is 22.9 Å². The Balaban J connectivity index is 0.00000206. The van der Waals surface area contributed by atoms with Crippen molar-refractivity contribution in [1.29, 1.82) is 0 Å². The molecule has 2 atom stereocenters. The lowest BCUT2D eigenvalue weighted by Crippen LogP contribution is -2.42. The third-order valence-corrected chi connectivity index (χ3v) is 7.07. The normalized spacial score (nSPS) is 12.9. The smallest absolute Gasteiger partial charge is 0.343 e. The first-order valence-electron chi connectivity index (χ1n) is 13.9. The number of hydrogen-bond donors (Lipinski definition) is 2. The largest absolute Gasteiger partial charge is 0.419 e. The Labute approximate surface area is 255 Å². The number of benzene rings is 3. The quantitative estimate of drug-likeness (QED) is 0.184. The van der Waals surface area contributed by atoms with Crippen LogP contribution in [0.25, 0.3) is 0 Å². The summed E-state index contributed by atoms with van der Waals surface area (Å²) in [5, 5.41) is 7.57. The second kappa shape index (κ2) is 14.7. The van der Waals surface area contributed by atoms with Gasteiger partial charge in [0.1, 0.15) is 6.10 Å². The molecular formula is C33H43NO8S. The molecule has 0 fully saturated rings. The van der Waals surface area contributed by atoms with Gasteiger partial charge in [-0.2, -0.15) is 8.42 Å². The van der Waals surface area contributed by atoms with Crippen LogP contribution in [-0.2, 0) is 14.3 Å². The van der Waals surface area contributed by atoms with Crippen molar-refractivity contribution < 1.29 is 36.8 Å². The van der Waals surface area contributed by atoms with Crippen LogP contribution in [0.15, 0.2) is 54.6 Å². The molecule has 10 heteroatoms. The van der Waals surface area contributed by atoms with Gasteiger partial charge in [0, 0.05) is 12.6 Å². The van der Waals surface area contributed by atoms with Gasteiger partial charge in [-0.1, -0.05) is 62.2 Å². The number of hydrogen-bond acceptors (Lipinski definition) is 9. The summed E-state index contributed by atoms with van der Waals surface area (Å²) in [6.45, 7) is 14.9. The molecule has 43 heavy (non-hydrogen) atoms. The number of rotatable bonds is 8. The number of carbonyl (C=O) groups excluding carboxylic acids is 2. The number of aliphatic hydroxyl groups excluding tert-OH is 1. The molecule has 0 saturated carbocycles. The molecule has 0 aromatic heterocycles. The van der Waals surface area contributed by atoms with Gasteiger partial charge in [0.15, 0.2) is 11.5 Å². The molecule has 2 unspecified atom stereocenters. The van der Waals surface area contributed by atoms with Crippen LogP contribution >= 0.6 is 0 Å². The van der Waals surface area contributed by atoms with Crippen molar-refractivity contribution in [2.45, 2.75) is 67.5 Å². The van der Waals surface area contributed by atoms with Crippen molar-refractivity contribution in [3.8, 4) is 11.5 Å². The number of nitrogens with two attached hydrogens (primary N) is 1. The van der Waals surface area contributed by atoms with E-state index in [1.807, 2.05) is 46.8 Å². The van der Waals surface area contributed by atoms with Crippen molar-refractivity contribution >= 4 is 22.1 Å². The maximum atomic E-state index is 13.2. The highest BCUT2D eigenvalue weighted by Crippen LogP contribution is 2.38. The number of carbonyl (C=O) groups is 2. The van der Waals surface area contributed by atoms with E-state index in [0.29, 0.717) is 22.3 Å². The molecule has 9 nitrogen and oxygen atoms in total. The van der Waals surface area contributed by atoms with Gasteiger partial charge in [0.05, 0.1) is 17.4 Å². The Bertz CT molecular complexity index is 1560. The molecule has 234 valence electrons. The molecule has 3 rings (SSSR count). The van der Waals surface area contributed by atoms with E-state index >= 15 is 0 Å². The summed E-state index contributed by atoms with van der Waals surface area (Å²) in [7, 11) is -3.91. The highest BCUT2D eigenvalue weighted by molar-refractivity contribution is 7.86. The van der Waals surface area contributed by atoms with Gasteiger partial charge < -0.3 is 20.3 Å². The molecule has 3 aromatic rings. The zero-order valence-corrected chi connectivity index (χ0v) is 27.2. The summed E-state index contributed by atoms with van der Waals surface area (Å²) in [5.74, 6) is -1.40. The first kappa shape index (κ1) is 35.6. The maximum absolute atomic E-state index is 13.2. The number of ether oxygens (including phenoxy) is 2. The van der Waals surface area contributed by atoms with Crippen molar-refractivity contribution in [2.24, 2.45) is 11.1 Å². The van der Waals surface area contributed by atoms with E-state index in [2.05, 4.69) is 0 Å². The molecule has 0 aliphatic heterocycles. The molecule has 0 saturated heterocycles. The second-order valence-corrected chi connectivity index (χ2v) is 13.2. The molecule has 0 radical (unpaired) electrons. The Morgan fingerprint density at radius 3 is 1.65 bits per heavy atom. The van der Waals surface area contributed by atoms with Crippen molar-refractivity contribution in [3.05, 3.63) is 93.5 Å². The van der Waals surface area contributed by atoms with Crippen LogP contribution in [0, 0.1) is 33.1 Å². The van der Waals surface area contributed by atoms with E-state index in [9.17, 15) is 18.0 Å². The summed E-state index contributed by atoms with van der Waals surface area (Å²) in [6, 6.07) is 14.3. The molecule has 0 spiro atoms. The number of aryl methyl sites for hydroxylation is 4. The van der Waals surface area contributed by atoms with Crippen molar-refractivity contribution in [2.75, 3.05) is 12.9 Å². The van der Waals surface area contributed by atoms with Crippen LogP contribution < -0.4 is 15.2 Å². The average molecular weight is 614 g/mol. The molecular weight excluding hydrogens is 570 g/mol. The molecule has 3 N–H and O–H groups in total. The van der Waals surface area contributed by atoms with Gasteiger partial charge >= 0.3 is 11.9 Å². The molecule has 0 heterocycles. The lowest BCUT2D eigenvalue weighted by molar-refractivity contribution is 0.0680. The van der Waals surface area contributed by atoms with Gasteiger partial charge in [0.2, 0.25) is 0 Å². The average Bonchev–Trinajstić information content (AvgIpc) is 2.87. The van der Waals surface area contributed by atoms with Crippen LogP contribution in [0.4, 0.5) is 0 Å². The number of aliphatic hydroxyl groups is 1. The minimum Gasteiger partial charge on any atom is -0.419 e. The Hall–Kier alpha value is -3.57. The minimum atomic E-state index is -3.91. The Morgan fingerprint density at radius 2 is 1.26 bits per heavy atom. The predicted octanol–water partition coefficient (Wildman–Crippen LogP) is 5.75. The van der Waals surface area contributed by atoms with Crippen LogP contribution in [0.1, 0.15) is 82.3 Å². The van der Waals surface area contributed by atoms with Crippen molar-refractivity contribution in [3.63, 3.8) is 0 Å². The fraction of sp³-hybridized carbons (Fsp3) is 0.394. The van der Waals surface area contributed by atoms with Crippen molar-refractivity contribution in [1.82, 2.24) is 0 Å². The van der Waals surface area contributed by atoms with E-state index in [1.54, 1.807) is 51.1 Å². The van der Waals surface area contributed by atoms with Gasteiger partial charge in [-0.25, -0.2) is 9.59 Å². The lowest BCUT2D eigenvalue weighted by atomic mass is 9.82. The topological polar surface area (TPSA) is 142 Å². The van der Waals surface area contributed by atoms with Crippen LogP contribution in [0.3, 0.4) is 0 Å². The molecule has 0 aliphatic carbocycles. The number of esters is 2. The van der Waals surface area contributed by atoms with Crippen LogP contribution in [-0.4, -0.2) is 44.4 Å². The van der Waals surface area contributed by atoms with Crippen LogP contribution in [0.2, 0.25) is 0 Å². The maximum Gasteiger partial charge on any atom is 0.343 e. The molecule has 0 amide bonds. The Kier molecular flexibility index (Phi) is 12.2. The van der Waals surface area contributed by atoms with E-state index < -0.39 is 39.6 Å². The van der Waals surface area contributed by atoms with Gasteiger partial charge in [-0.05, 0) is 81.0 Å². The fourth-order valence-corrected chi connectivity index (χ4v) is 4.83. The third kappa shape index (κ3) is 10.3. The highest BCUT2D eigenvalue weighted by Gasteiger charge is 2.34. The predicted molar refractivity (Wildman–Crippen MR) is 167 cm³/mol. The summed E-state index contributed by atoms with van der Waals surface area (Å²) in [4.78, 5) is 26.3. The molecule has 0 bridgehead atoms. The van der Waals surface area contributed by atoms with Gasteiger partial charge in [-0.15, -0.1) is 0 Å². The first-order valence-corrected chi connectivity index (χ1v) is 15.7. The van der Waals surface area contributed by atoms with Gasteiger partial charge in [0.25, 0.3) is 10.1 Å². The summed E-state index contributed by atoms with van der Waals surface area (Å²) in [6.07, 6.45) is -0.158. The van der Waals surface area contributed by atoms with E-state index in [1.165, 1.54) is 12.1 Å². The summed E-state index contributed by atoms with van der Waals surface area (Å²) < 4.78 is 41.2. The highest BCUT2D eigenvalue weighted by atomic mass is 32.2. The molecule has 0 aliphatic rings. The van der Waals surface area contributed by atoms with E-state index in [-0.39, 0.29) is 18.1 Å². The SMILES string of the molecule is CCO.Cc1ccc(C(=O)Oc2ccc(C(OS(C)(=O)=O)C(N)C(C)(C)C)cc2OC(=O)c2ccc(C)cc2C)c(C)c1. The zero-order chi connectivity index (χ0) is 32.7. The van der Waals surface area contributed by atoms with Crippen LogP contribution in [0.5, 0.6) is 11.5 Å². The molecule has 3 aromatic carbocycles. The monoisotopic (exact) mass is 613 g/mol. The first-order chi connectivity index (χ1) is 19.9. The lowest BCUT2D eigenvalue weighted by Gasteiger charge is -2.33. The van der Waals surface area contributed by atoms with Gasteiger partial charge in [-0.3, -0.25) is 4.18 Å². The van der Waals surface area contributed by atoms with E-state index in [4.69, 9.17) is 24.5 Å². The summed E-state index contributed by atoms with van der Waals surface area (Å²) in [5.41, 5.74) is 10.3. The second-order valence-electron chi connectivity index (χ2n) is 11.6.